The number of unbranched alkanes of at least 4 members (excludes halogenated alkanes) is 1. The highest BCUT2D eigenvalue weighted by molar-refractivity contribution is 6.31. The second kappa shape index (κ2) is 8.98. The third kappa shape index (κ3) is 5.29. The minimum atomic E-state index is 0.513. The smallest absolute Gasteiger partial charge is 0.0437 e. The number of rotatable bonds is 8. The van der Waals surface area contributed by atoms with Crippen molar-refractivity contribution in [3.8, 4) is 0 Å². The van der Waals surface area contributed by atoms with E-state index in [1.807, 2.05) is 24.5 Å². The first-order valence-corrected chi connectivity index (χ1v) is 9.39. The first-order chi connectivity index (χ1) is 12.2. The van der Waals surface area contributed by atoms with Crippen LogP contribution in [0.2, 0.25) is 5.02 Å². The zero-order chi connectivity index (χ0) is 17.5. The van der Waals surface area contributed by atoms with Crippen LogP contribution in [0.25, 0.3) is 10.8 Å². The fourth-order valence-corrected chi connectivity index (χ4v) is 3.33. The van der Waals surface area contributed by atoms with Gasteiger partial charge >= 0.3 is 0 Å². The Morgan fingerprint density at radius 3 is 2.80 bits per heavy atom. The van der Waals surface area contributed by atoms with Crippen LogP contribution >= 0.6 is 11.6 Å². The summed E-state index contributed by atoms with van der Waals surface area (Å²) in [7, 11) is 0. The lowest BCUT2D eigenvalue weighted by Crippen LogP contribution is -2.25. The van der Waals surface area contributed by atoms with E-state index in [0.29, 0.717) is 6.04 Å². The van der Waals surface area contributed by atoms with E-state index in [4.69, 9.17) is 11.6 Å². The van der Waals surface area contributed by atoms with Crippen LogP contribution in [0.3, 0.4) is 0 Å². The first-order valence-electron chi connectivity index (χ1n) is 9.02. The quantitative estimate of drug-likeness (QED) is 0.520. The van der Waals surface area contributed by atoms with Gasteiger partial charge in [-0.25, -0.2) is 0 Å². The van der Waals surface area contributed by atoms with Crippen LogP contribution in [-0.2, 0) is 13.0 Å². The van der Waals surface area contributed by atoms with Crippen LogP contribution in [0, 0.1) is 0 Å². The monoisotopic (exact) mass is 352 g/mol. The van der Waals surface area contributed by atoms with E-state index in [1.54, 1.807) is 0 Å². The molecule has 2 nitrogen and oxygen atoms in total. The van der Waals surface area contributed by atoms with Gasteiger partial charge in [0.1, 0.15) is 0 Å². The number of aryl methyl sites for hydroxylation is 1. The number of pyridine rings is 1. The second-order valence-electron chi connectivity index (χ2n) is 6.68. The molecule has 3 rings (SSSR count). The van der Waals surface area contributed by atoms with Gasteiger partial charge in [-0.05, 0) is 60.9 Å². The zero-order valence-corrected chi connectivity index (χ0v) is 15.5. The lowest BCUT2D eigenvalue weighted by molar-refractivity contribution is 0.489. The van der Waals surface area contributed by atoms with Crippen LogP contribution in [-0.4, -0.2) is 11.0 Å². The number of benzene rings is 2. The van der Waals surface area contributed by atoms with Crippen molar-refractivity contribution in [2.24, 2.45) is 0 Å². The number of aromatic nitrogens is 1. The fraction of sp³-hybridized carbons (Fsp3) is 0.318. The largest absolute Gasteiger partial charge is 0.310 e. The van der Waals surface area contributed by atoms with Crippen molar-refractivity contribution in [1.29, 1.82) is 0 Å². The molecule has 2 aromatic carbocycles. The van der Waals surface area contributed by atoms with Gasteiger partial charge in [-0.2, -0.15) is 0 Å². The summed E-state index contributed by atoms with van der Waals surface area (Å²) in [4.78, 5) is 4.16. The summed E-state index contributed by atoms with van der Waals surface area (Å²) in [6.45, 7) is 3.17. The molecule has 25 heavy (non-hydrogen) atoms. The molecule has 1 atom stereocenters. The molecule has 0 spiro atoms. The van der Waals surface area contributed by atoms with Gasteiger partial charge in [-0.15, -0.1) is 0 Å². The average molecular weight is 353 g/mol. The highest BCUT2D eigenvalue weighted by Crippen LogP contribution is 2.18. The summed E-state index contributed by atoms with van der Waals surface area (Å²) in [5.74, 6) is 0. The molecule has 0 aliphatic rings. The van der Waals surface area contributed by atoms with Crippen molar-refractivity contribution in [3.63, 3.8) is 0 Å². The Hall–Kier alpha value is -1.90. The number of fused-ring (bicyclic) bond motifs is 1. The molecule has 0 bridgehead atoms. The van der Waals surface area contributed by atoms with Gasteiger partial charge in [0.25, 0.3) is 0 Å². The Morgan fingerprint density at radius 1 is 1.04 bits per heavy atom. The van der Waals surface area contributed by atoms with E-state index < -0.39 is 0 Å². The number of hydrogen-bond donors (Lipinski definition) is 1. The summed E-state index contributed by atoms with van der Waals surface area (Å²) in [6.07, 6.45) is 8.39. The number of nitrogens with one attached hydrogen (secondary N) is 1. The number of halogens is 1. The Labute approximate surface area is 155 Å². The van der Waals surface area contributed by atoms with Crippen LogP contribution in [0.4, 0.5) is 0 Å². The minimum Gasteiger partial charge on any atom is -0.310 e. The molecule has 0 saturated carbocycles. The van der Waals surface area contributed by atoms with Crippen molar-refractivity contribution in [2.75, 3.05) is 0 Å². The third-order valence-corrected chi connectivity index (χ3v) is 5.02. The molecule has 0 fully saturated rings. The second-order valence-corrected chi connectivity index (χ2v) is 7.08. The highest BCUT2D eigenvalue weighted by atomic mass is 35.5. The van der Waals surface area contributed by atoms with Crippen molar-refractivity contribution >= 4 is 22.4 Å². The Morgan fingerprint density at radius 2 is 1.92 bits per heavy atom. The van der Waals surface area contributed by atoms with E-state index in [-0.39, 0.29) is 0 Å². The zero-order valence-electron chi connectivity index (χ0n) is 14.7. The van der Waals surface area contributed by atoms with Crippen LogP contribution in [0.1, 0.15) is 37.3 Å². The standard InChI is InChI=1S/C22H25ClN2/c1-17(6-2-3-7-19-8-4-5-9-22(19)23)25-15-18-10-11-21-16-24-13-12-20(21)14-18/h4-5,8-14,16-17,25H,2-3,6-7,15H2,1H3/t17-/m1/s1. The Bertz CT molecular complexity index is 816. The van der Waals surface area contributed by atoms with Crippen LogP contribution < -0.4 is 5.32 Å². The maximum Gasteiger partial charge on any atom is 0.0437 e. The lowest BCUT2D eigenvalue weighted by Gasteiger charge is -2.14. The maximum absolute atomic E-state index is 6.21. The van der Waals surface area contributed by atoms with Crippen molar-refractivity contribution in [2.45, 2.75) is 45.2 Å². The molecule has 0 amide bonds. The van der Waals surface area contributed by atoms with E-state index in [2.05, 4.69) is 53.6 Å². The predicted molar refractivity (Wildman–Crippen MR) is 107 cm³/mol. The Balaban J connectivity index is 1.40. The number of hydrogen-bond acceptors (Lipinski definition) is 2. The summed E-state index contributed by atoms with van der Waals surface area (Å²) in [6, 6.07) is 17.3. The van der Waals surface area contributed by atoms with Gasteiger partial charge in [0.2, 0.25) is 0 Å². The van der Waals surface area contributed by atoms with Crippen LogP contribution in [0.15, 0.2) is 60.9 Å². The fourth-order valence-electron chi connectivity index (χ4n) is 3.10. The molecule has 1 aromatic heterocycles. The summed E-state index contributed by atoms with van der Waals surface area (Å²) >= 11 is 6.21. The van der Waals surface area contributed by atoms with Crippen molar-refractivity contribution < 1.29 is 0 Å². The van der Waals surface area contributed by atoms with Gasteiger partial charge in [0.05, 0.1) is 0 Å². The van der Waals surface area contributed by atoms with Gasteiger partial charge in [-0.3, -0.25) is 4.98 Å². The molecule has 3 heteroatoms. The molecule has 1 N–H and O–H groups in total. The molecule has 0 unspecified atom stereocenters. The molecule has 130 valence electrons. The third-order valence-electron chi connectivity index (χ3n) is 4.65. The first kappa shape index (κ1) is 17.9. The molecule has 0 saturated heterocycles. The predicted octanol–water partition coefficient (Wildman–Crippen LogP) is 5.78. The molecule has 0 radical (unpaired) electrons. The summed E-state index contributed by atoms with van der Waals surface area (Å²) < 4.78 is 0. The SMILES string of the molecule is C[C@H](CCCCc1ccccc1Cl)NCc1ccc2cnccc2c1. The topological polar surface area (TPSA) is 24.9 Å². The average Bonchev–Trinajstić information content (AvgIpc) is 2.64. The van der Waals surface area contributed by atoms with E-state index >= 15 is 0 Å². The van der Waals surface area contributed by atoms with Gasteiger partial charge in [-0.1, -0.05) is 48.4 Å². The molecular formula is C22H25ClN2. The molecule has 1 heterocycles. The molecule has 3 aromatic rings. The van der Waals surface area contributed by atoms with Gasteiger partial charge in [0, 0.05) is 35.4 Å². The molecule has 0 aliphatic heterocycles. The van der Waals surface area contributed by atoms with Crippen molar-refractivity contribution in [1.82, 2.24) is 10.3 Å². The molecular weight excluding hydrogens is 328 g/mol. The van der Waals surface area contributed by atoms with Crippen LogP contribution in [0.5, 0.6) is 0 Å². The highest BCUT2D eigenvalue weighted by Gasteiger charge is 2.04. The van der Waals surface area contributed by atoms with Crippen molar-refractivity contribution in [3.05, 3.63) is 77.1 Å². The lowest BCUT2D eigenvalue weighted by atomic mass is 10.0. The maximum atomic E-state index is 6.21. The summed E-state index contributed by atoms with van der Waals surface area (Å²) in [5, 5.41) is 6.97. The number of nitrogens with zero attached hydrogens (tertiary/aromatic N) is 1. The molecule has 0 aliphatic carbocycles. The van der Waals surface area contributed by atoms with Gasteiger partial charge in [0.15, 0.2) is 0 Å². The summed E-state index contributed by atoms with van der Waals surface area (Å²) in [5.41, 5.74) is 2.58. The van der Waals surface area contributed by atoms with E-state index in [0.717, 1.165) is 18.0 Å². The van der Waals surface area contributed by atoms with E-state index in [1.165, 1.54) is 41.2 Å². The van der Waals surface area contributed by atoms with Gasteiger partial charge < -0.3 is 5.32 Å². The Kier molecular flexibility index (Phi) is 6.43. The normalized spacial score (nSPS) is 12.4. The minimum absolute atomic E-state index is 0.513. The van der Waals surface area contributed by atoms with E-state index in [9.17, 15) is 0 Å².